The predicted octanol–water partition coefficient (Wildman–Crippen LogP) is 2.47. The highest BCUT2D eigenvalue weighted by Gasteiger charge is 2.31. The van der Waals surface area contributed by atoms with Gasteiger partial charge in [-0.2, -0.15) is 5.26 Å². The molecule has 4 rings (SSSR count). The molecule has 2 aromatic rings. The minimum absolute atomic E-state index is 0.125. The topological polar surface area (TPSA) is 111 Å². The second-order valence-electron chi connectivity index (χ2n) is 8.84. The molecule has 0 unspecified atom stereocenters. The average Bonchev–Trinajstić information content (AvgIpc) is 3.09. The molecular formula is C24H28N4O3S. The highest BCUT2D eigenvalue weighted by atomic mass is 32.2. The fraction of sp³-hybridized carbons (Fsp3) is 0.417. The van der Waals surface area contributed by atoms with Gasteiger partial charge in [-0.15, -0.1) is 0 Å². The Morgan fingerprint density at radius 3 is 2.59 bits per heavy atom. The van der Waals surface area contributed by atoms with Crippen LogP contribution in [0.1, 0.15) is 37.8 Å². The van der Waals surface area contributed by atoms with Crippen molar-refractivity contribution in [2.24, 2.45) is 5.92 Å². The Kier molecular flexibility index (Phi) is 6.33. The minimum atomic E-state index is -3.42. The van der Waals surface area contributed by atoms with Crippen LogP contribution < -0.4 is 15.4 Å². The van der Waals surface area contributed by atoms with Gasteiger partial charge in [0.25, 0.3) is 0 Å². The zero-order chi connectivity index (χ0) is 22.9. The van der Waals surface area contributed by atoms with Crippen molar-refractivity contribution in [1.29, 1.82) is 5.26 Å². The highest BCUT2D eigenvalue weighted by Crippen LogP contribution is 2.29. The highest BCUT2D eigenvalue weighted by molar-refractivity contribution is 7.89. The van der Waals surface area contributed by atoms with Gasteiger partial charge in [0.15, 0.2) is 0 Å². The van der Waals surface area contributed by atoms with Crippen LogP contribution >= 0.6 is 0 Å². The van der Waals surface area contributed by atoms with E-state index in [1.807, 2.05) is 36.4 Å². The first kappa shape index (κ1) is 22.5. The number of nitrogens with one attached hydrogen (secondary N) is 3. The lowest BCUT2D eigenvalue weighted by molar-refractivity contribution is -0.125. The summed E-state index contributed by atoms with van der Waals surface area (Å²) >= 11 is 0. The summed E-state index contributed by atoms with van der Waals surface area (Å²) in [5.74, 6) is 0.108. The third-order valence-electron chi connectivity index (χ3n) is 6.38. The lowest BCUT2D eigenvalue weighted by Crippen LogP contribution is -2.55. The van der Waals surface area contributed by atoms with Gasteiger partial charge in [-0.05, 0) is 54.0 Å². The number of carbonyl (C=O) groups excluding carboxylic acids is 1. The zero-order valence-electron chi connectivity index (χ0n) is 18.3. The summed E-state index contributed by atoms with van der Waals surface area (Å²) in [7, 11) is -3.42. The summed E-state index contributed by atoms with van der Waals surface area (Å²) in [5.41, 5.74) is 3.41. The lowest BCUT2D eigenvalue weighted by Gasteiger charge is -2.33. The van der Waals surface area contributed by atoms with Crippen LogP contribution in [0.15, 0.2) is 47.4 Å². The Balaban J connectivity index is 1.43. The van der Waals surface area contributed by atoms with Crippen molar-refractivity contribution in [3.63, 3.8) is 0 Å². The molecule has 0 bridgehead atoms. The molecule has 0 spiro atoms. The fourth-order valence-electron chi connectivity index (χ4n) is 4.41. The molecule has 168 valence electrons. The maximum atomic E-state index is 12.7. The molecule has 0 aliphatic carbocycles. The van der Waals surface area contributed by atoms with Crippen LogP contribution in [-0.2, 0) is 27.8 Å². The molecule has 3 N–H and O–H groups in total. The van der Waals surface area contributed by atoms with E-state index < -0.39 is 16.1 Å². The van der Waals surface area contributed by atoms with Gasteiger partial charge in [0.05, 0.1) is 17.0 Å². The van der Waals surface area contributed by atoms with Gasteiger partial charge < -0.3 is 10.6 Å². The van der Waals surface area contributed by atoms with E-state index in [9.17, 15) is 18.5 Å². The number of rotatable bonds is 5. The van der Waals surface area contributed by atoms with Gasteiger partial charge in [0.1, 0.15) is 6.04 Å². The van der Waals surface area contributed by atoms with E-state index in [2.05, 4.69) is 35.3 Å². The number of carbonyl (C=O) groups is 1. The van der Waals surface area contributed by atoms with Crippen LogP contribution in [0, 0.1) is 17.2 Å². The molecule has 1 amide bonds. The average molecular weight is 453 g/mol. The summed E-state index contributed by atoms with van der Waals surface area (Å²) in [6, 6.07) is 14.7. The molecule has 1 fully saturated rings. The van der Waals surface area contributed by atoms with Gasteiger partial charge in [-0.1, -0.05) is 43.3 Å². The van der Waals surface area contributed by atoms with Crippen molar-refractivity contribution < 1.29 is 13.2 Å². The maximum Gasteiger partial charge on any atom is 0.241 e. The number of hydrogen-bond acceptors (Lipinski definition) is 5. The maximum absolute atomic E-state index is 12.7. The Morgan fingerprint density at radius 1 is 1.16 bits per heavy atom. The van der Waals surface area contributed by atoms with Crippen molar-refractivity contribution in [1.82, 2.24) is 15.4 Å². The Bertz CT molecular complexity index is 1150. The number of nitriles is 1. The number of hydrogen-bond donors (Lipinski definition) is 3. The zero-order valence-corrected chi connectivity index (χ0v) is 19.1. The van der Waals surface area contributed by atoms with E-state index in [1.54, 1.807) is 6.07 Å². The largest absolute Gasteiger partial charge is 0.339 e. The van der Waals surface area contributed by atoms with E-state index in [1.165, 1.54) is 0 Å². The van der Waals surface area contributed by atoms with Crippen LogP contribution in [0.4, 0.5) is 0 Å². The van der Waals surface area contributed by atoms with E-state index in [0.29, 0.717) is 23.9 Å². The first-order valence-corrected chi connectivity index (χ1v) is 12.4. The first-order chi connectivity index (χ1) is 15.3. The van der Waals surface area contributed by atoms with Crippen molar-refractivity contribution in [2.75, 3.05) is 0 Å². The summed E-state index contributed by atoms with van der Waals surface area (Å²) in [5, 5.41) is 15.8. The van der Waals surface area contributed by atoms with E-state index in [4.69, 9.17) is 0 Å². The van der Waals surface area contributed by atoms with E-state index in [-0.39, 0.29) is 17.9 Å². The molecule has 32 heavy (non-hydrogen) atoms. The molecular weight excluding hydrogens is 424 g/mol. The molecule has 0 saturated carbocycles. The Hall–Kier alpha value is -2.73. The normalized spacial score (nSPS) is 24.8. The van der Waals surface area contributed by atoms with Gasteiger partial charge in [-0.25, -0.2) is 13.1 Å². The number of nitrogens with zero attached hydrogens (tertiary/aromatic N) is 1. The van der Waals surface area contributed by atoms with Gasteiger partial charge in [0.2, 0.25) is 15.9 Å². The lowest BCUT2D eigenvalue weighted by atomic mass is 9.88. The molecule has 0 aromatic heterocycles. The number of fused-ring (bicyclic) bond motifs is 1. The molecule has 2 aromatic carbocycles. The number of amides is 1. The summed E-state index contributed by atoms with van der Waals surface area (Å²) in [4.78, 5) is 13.0. The standard InChI is InChI=1S/C24H28N4O3S/c1-15-3-4-16(2)27-23(15)24(29)28-21(13-25)11-17-5-7-18(8-6-17)19-9-10-20-14-26-32(30,31)22(20)12-19/h5-10,12,15-16,21,23,26-27H,3-4,11,14H2,1-2H3,(H,28,29)/t15-,16+,21+,23+/m1/s1. The smallest absolute Gasteiger partial charge is 0.241 e. The molecule has 2 heterocycles. The second kappa shape index (κ2) is 9.02. The monoisotopic (exact) mass is 452 g/mol. The third kappa shape index (κ3) is 4.70. The summed E-state index contributed by atoms with van der Waals surface area (Å²) < 4.78 is 26.7. The Labute approximate surface area is 189 Å². The van der Waals surface area contributed by atoms with Gasteiger partial charge in [-0.3, -0.25) is 4.79 Å². The molecule has 2 aliphatic heterocycles. The number of piperidine rings is 1. The van der Waals surface area contributed by atoms with Crippen molar-refractivity contribution in [3.05, 3.63) is 53.6 Å². The van der Waals surface area contributed by atoms with Crippen molar-refractivity contribution >= 4 is 15.9 Å². The van der Waals surface area contributed by atoms with Crippen LogP contribution in [-0.4, -0.2) is 32.5 Å². The van der Waals surface area contributed by atoms with Crippen LogP contribution in [0.2, 0.25) is 0 Å². The van der Waals surface area contributed by atoms with Gasteiger partial charge >= 0.3 is 0 Å². The summed E-state index contributed by atoms with van der Waals surface area (Å²) in [6.07, 6.45) is 2.44. The van der Waals surface area contributed by atoms with Crippen molar-refractivity contribution in [2.45, 2.75) is 62.7 Å². The molecule has 0 radical (unpaired) electrons. The van der Waals surface area contributed by atoms with E-state index >= 15 is 0 Å². The number of sulfonamides is 1. The van der Waals surface area contributed by atoms with Crippen LogP contribution in [0.25, 0.3) is 11.1 Å². The molecule has 8 heteroatoms. The predicted molar refractivity (Wildman–Crippen MR) is 122 cm³/mol. The SMILES string of the molecule is C[C@@H]1CC[C@H](C)N[C@@H]1C(=O)N[C@H](C#N)Cc1ccc(-c2ccc3c(c2)S(=O)(=O)NC3)cc1. The molecule has 4 atom stereocenters. The Morgan fingerprint density at radius 2 is 1.88 bits per heavy atom. The van der Waals surface area contributed by atoms with Crippen molar-refractivity contribution in [3.8, 4) is 17.2 Å². The van der Waals surface area contributed by atoms with Gasteiger partial charge in [0, 0.05) is 19.0 Å². The van der Waals surface area contributed by atoms with E-state index in [0.717, 1.165) is 35.1 Å². The number of benzene rings is 2. The molecule has 7 nitrogen and oxygen atoms in total. The quantitative estimate of drug-likeness (QED) is 0.645. The van der Waals surface area contributed by atoms with Crippen LogP contribution in [0.5, 0.6) is 0 Å². The molecule has 1 saturated heterocycles. The summed E-state index contributed by atoms with van der Waals surface area (Å²) in [6.45, 7) is 4.46. The van der Waals surface area contributed by atoms with Crippen LogP contribution in [0.3, 0.4) is 0 Å². The molecule has 2 aliphatic rings. The third-order valence-corrected chi connectivity index (χ3v) is 7.86. The first-order valence-electron chi connectivity index (χ1n) is 10.9. The second-order valence-corrected chi connectivity index (χ2v) is 10.6. The minimum Gasteiger partial charge on any atom is -0.339 e. The fourth-order valence-corrected chi connectivity index (χ4v) is 5.68.